The molecule has 4 N–H and O–H groups in total. The average molecular weight is 947 g/mol. The van der Waals surface area contributed by atoms with Gasteiger partial charge in [-0.25, -0.2) is 0 Å². The molecule has 0 aliphatic rings. The van der Waals surface area contributed by atoms with Gasteiger partial charge in [-0.2, -0.15) is 0 Å². The predicted octanol–water partition coefficient (Wildman–Crippen LogP) is 16.1. The van der Waals surface area contributed by atoms with Crippen molar-refractivity contribution in [1.82, 2.24) is 0 Å². The van der Waals surface area contributed by atoms with Crippen molar-refractivity contribution in [3.05, 3.63) is 36.4 Å². The Morgan fingerprint density at radius 1 is 0.221 bits per heavy atom. The van der Waals surface area contributed by atoms with Crippen LogP contribution in [0, 0.1) is 0 Å². The van der Waals surface area contributed by atoms with E-state index in [0.29, 0.717) is 52.9 Å². The van der Waals surface area contributed by atoms with Gasteiger partial charge in [0.2, 0.25) is 0 Å². The van der Waals surface area contributed by atoms with Crippen molar-refractivity contribution >= 4 is 32.3 Å². The van der Waals surface area contributed by atoms with Gasteiger partial charge in [-0.1, -0.05) is 216 Å². The number of ether oxygens (including phenoxy) is 4. The summed E-state index contributed by atoms with van der Waals surface area (Å²) in [6, 6.07) is 13.2. The van der Waals surface area contributed by atoms with Gasteiger partial charge in [0, 0.05) is 58.7 Å². The predicted molar refractivity (Wildman–Crippen MR) is 287 cm³/mol. The van der Waals surface area contributed by atoms with Gasteiger partial charge < -0.3 is 39.4 Å². The van der Waals surface area contributed by atoms with Gasteiger partial charge in [-0.15, -0.1) is 0 Å². The zero-order valence-electron chi connectivity index (χ0n) is 43.0. The Morgan fingerprint density at radius 2 is 0.382 bits per heavy atom. The molecule has 386 valence electrons. The van der Waals surface area contributed by atoms with E-state index in [0.717, 1.165) is 147 Å². The standard InChI is InChI=1S/C60H98O8/c61-43-29-21-13-5-1-9-17-25-33-47-65-57-51-39-37-41-53-55(51)56-52(58(57)66-48-34-26-18-10-2-6-14-22-30-44-62)40-38-42-54(56)60(68-50-36-28-20-12-4-8-16-24-32-46-64)59(53)67-49-35-27-19-11-3-7-15-23-31-45-63/h37-42,61-64H,1-36,43-50H2. The molecule has 0 aliphatic heterocycles. The van der Waals surface area contributed by atoms with Crippen LogP contribution in [0.5, 0.6) is 23.0 Å². The topological polar surface area (TPSA) is 118 Å². The second-order valence-electron chi connectivity index (χ2n) is 19.8. The number of rotatable bonds is 48. The zero-order valence-corrected chi connectivity index (χ0v) is 43.0. The Kier molecular flexibility index (Phi) is 32.7. The molecule has 0 radical (unpaired) electrons. The van der Waals surface area contributed by atoms with E-state index in [-0.39, 0.29) is 0 Å². The molecule has 0 heterocycles. The van der Waals surface area contributed by atoms with E-state index in [1.165, 1.54) is 139 Å². The lowest BCUT2D eigenvalue weighted by molar-refractivity contribution is 0.262. The Hall–Kier alpha value is -3.04. The highest BCUT2D eigenvalue weighted by Crippen LogP contribution is 2.53. The van der Waals surface area contributed by atoms with E-state index >= 15 is 0 Å². The molecule has 0 aromatic heterocycles. The smallest absolute Gasteiger partial charge is 0.169 e. The summed E-state index contributed by atoms with van der Waals surface area (Å²) in [6.45, 7) is 3.82. The fourth-order valence-corrected chi connectivity index (χ4v) is 9.96. The van der Waals surface area contributed by atoms with Crippen LogP contribution in [-0.2, 0) is 0 Å². The molecule has 0 aliphatic carbocycles. The monoisotopic (exact) mass is 947 g/mol. The lowest BCUT2D eigenvalue weighted by Gasteiger charge is -2.24. The maximum Gasteiger partial charge on any atom is 0.169 e. The third-order valence-corrected chi connectivity index (χ3v) is 14.0. The van der Waals surface area contributed by atoms with Gasteiger partial charge in [0.15, 0.2) is 23.0 Å². The normalized spacial score (nSPS) is 11.8. The summed E-state index contributed by atoms with van der Waals surface area (Å²) < 4.78 is 27.6. The van der Waals surface area contributed by atoms with E-state index < -0.39 is 0 Å². The fraction of sp³-hybridized carbons (Fsp3) is 0.733. The molecule has 0 amide bonds. The van der Waals surface area contributed by atoms with E-state index in [1.54, 1.807) is 0 Å². The summed E-state index contributed by atoms with van der Waals surface area (Å²) in [5.74, 6) is 3.41. The molecular weight excluding hydrogens is 849 g/mol. The second-order valence-corrected chi connectivity index (χ2v) is 19.8. The molecule has 0 unspecified atom stereocenters. The van der Waals surface area contributed by atoms with Gasteiger partial charge in [-0.05, 0) is 51.4 Å². The van der Waals surface area contributed by atoms with Crippen molar-refractivity contribution in [1.29, 1.82) is 0 Å². The van der Waals surface area contributed by atoms with Gasteiger partial charge >= 0.3 is 0 Å². The number of hydrogen-bond acceptors (Lipinski definition) is 8. The summed E-state index contributed by atoms with van der Waals surface area (Å²) in [5.41, 5.74) is 0. The number of unbranched alkanes of at least 4 members (excludes halogenated alkanes) is 32. The maximum absolute atomic E-state index is 9.09. The average Bonchev–Trinajstić information content (AvgIpc) is 3.36. The van der Waals surface area contributed by atoms with Crippen LogP contribution in [0.15, 0.2) is 36.4 Å². The molecule has 0 saturated heterocycles. The van der Waals surface area contributed by atoms with Crippen LogP contribution in [-0.4, -0.2) is 73.3 Å². The maximum atomic E-state index is 9.09. The first-order valence-corrected chi connectivity index (χ1v) is 28.5. The van der Waals surface area contributed by atoms with Crippen molar-refractivity contribution in [2.24, 2.45) is 0 Å². The first kappa shape index (κ1) is 57.5. The van der Waals surface area contributed by atoms with E-state index in [2.05, 4.69) is 36.4 Å². The molecule has 0 saturated carbocycles. The number of benzene rings is 4. The quantitative estimate of drug-likeness (QED) is 0.0255. The third-order valence-electron chi connectivity index (χ3n) is 14.0. The summed E-state index contributed by atoms with van der Waals surface area (Å²) in [6.07, 6.45) is 41.6. The molecule has 0 fully saturated rings. The lowest BCUT2D eigenvalue weighted by Crippen LogP contribution is -2.07. The summed E-state index contributed by atoms with van der Waals surface area (Å²) >= 11 is 0. The van der Waals surface area contributed by atoms with Crippen LogP contribution in [0.3, 0.4) is 0 Å². The minimum absolute atomic E-state index is 0.306. The fourth-order valence-electron chi connectivity index (χ4n) is 9.96. The molecule has 0 spiro atoms. The number of hydrogen-bond donors (Lipinski definition) is 4. The minimum atomic E-state index is 0.306. The molecule has 8 heteroatoms. The van der Waals surface area contributed by atoms with Gasteiger partial charge in [0.1, 0.15) is 0 Å². The van der Waals surface area contributed by atoms with Crippen LogP contribution in [0.25, 0.3) is 32.3 Å². The van der Waals surface area contributed by atoms with E-state index in [1.807, 2.05) is 0 Å². The number of aliphatic hydroxyl groups excluding tert-OH is 4. The molecule has 68 heavy (non-hydrogen) atoms. The van der Waals surface area contributed by atoms with Gasteiger partial charge in [0.05, 0.1) is 26.4 Å². The molecule has 4 aromatic carbocycles. The van der Waals surface area contributed by atoms with Crippen LogP contribution < -0.4 is 18.9 Å². The van der Waals surface area contributed by atoms with Crippen molar-refractivity contribution in [2.45, 2.75) is 231 Å². The largest absolute Gasteiger partial charge is 0.489 e. The Labute approximate surface area is 413 Å². The molecule has 0 atom stereocenters. The Balaban J connectivity index is 1.53. The third kappa shape index (κ3) is 21.9. The van der Waals surface area contributed by atoms with Gasteiger partial charge in [0.25, 0.3) is 0 Å². The minimum Gasteiger partial charge on any atom is -0.489 e. The van der Waals surface area contributed by atoms with E-state index in [9.17, 15) is 0 Å². The lowest BCUT2D eigenvalue weighted by atomic mass is 9.91. The number of aliphatic hydroxyl groups is 4. The van der Waals surface area contributed by atoms with Crippen molar-refractivity contribution < 1.29 is 39.4 Å². The zero-order chi connectivity index (χ0) is 48.0. The Morgan fingerprint density at radius 3 is 0.559 bits per heavy atom. The molecule has 8 nitrogen and oxygen atoms in total. The van der Waals surface area contributed by atoms with Crippen LogP contribution in [0.4, 0.5) is 0 Å². The molecular formula is C60H98O8. The highest BCUT2D eigenvalue weighted by molar-refractivity contribution is 6.29. The first-order valence-electron chi connectivity index (χ1n) is 28.5. The summed E-state index contributed by atoms with van der Waals surface area (Å²) in [7, 11) is 0. The highest BCUT2D eigenvalue weighted by atomic mass is 16.5. The SMILES string of the molecule is OCCCCCCCCCCCOc1c(OCCCCCCCCCCCO)c2cccc3c(OCCCCCCCCCCCO)c(OCCCCCCCCCCCO)c4cccc1c4c23. The Bertz CT molecular complexity index is 1540. The molecule has 0 bridgehead atoms. The van der Waals surface area contributed by atoms with Crippen LogP contribution >= 0.6 is 0 Å². The van der Waals surface area contributed by atoms with Crippen LogP contribution in [0.1, 0.15) is 231 Å². The molecule has 4 aromatic rings. The van der Waals surface area contributed by atoms with Crippen LogP contribution in [0.2, 0.25) is 0 Å². The highest BCUT2D eigenvalue weighted by Gasteiger charge is 2.26. The second kappa shape index (κ2) is 38.7. The summed E-state index contributed by atoms with van der Waals surface area (Å²) in [4.78, 5) is 0. The molecule has 4 rings (SSSR count). The van der Waals surface area contributed by atoms with Crippen molar-refractivity contribution in [2.75, 3.05) is 52.9 Å². The van der Waals surface area contributed by atoms with Crippen molar-refractivity contribution in [3.8, 4) is 23.0 Å². The van der Waals surface area contributed by atoms with Crippen molar-refractivity contribution in [3.63, 3.8) is 0 Å². The first-order chi connectivity index (χ1) is 33.8. The van der Waals surface area contributed by atoms with E-state index in [4.69, 9.17) is 39.4 Å². The summed E-state index contributed by atoms with van der Waals surface area (Å²) in [5, 5.41) is 43.0. The van der Waals surface area contributed by atoms with Gasteiger partial charge in [-0.3, -0.25) is 0 Å².